The molecule has 0 rings (SSSR count). The molecule has 0 aromatic heterocycles. The van der Waals surface area contributed by atoms with Crippen LogP contribution in [0.4, 0.5) is 0 Å². The van der Waals surface area contributed by atoms with E-state index >= 15 is 0 Å². The fourth-order valence-electron chi connectivity index (χ4n) is 0.658. The topological polar surface area (TPSA) is 12.4 Å². The molecule has 0 aliphatic carbocycles. The van der Waals surface area contributed by atoms with Gasteiger partial charge in [-0.3, -0.25) is 0 Å². The Kier molecular flexibility index (Phi) is 15.1. The summed E-state index contributed by atoms with van der Waals surface area (Å²) in [5.74, 6) is 0. The number of allylic oxidation sites excluding steroid dienone is 3. The zero-order valence-corrected chi connectivity index (χ0v) is 7.29. The first-order valence-electron chi connectivity index (χ1n) is 3.56. The van der Waals surface area contributed by atoms with Gasteiger partial charge in [0.1, 0.15) is 0 Å². The first kappa shape index (κ1) is 13.3. The second-order valence-electron chi connectivity index (χ2n) is 2.07. The molecule has 0 aliphatic heterocycles. The molecule has 0 atom stereocenters. The summed E-state index contributed by atoms with van der Waals surface area (Å²) in [6.45, 7) is 9.31. The molecule has 0 saturated heterocycles. The standard InChI is InChI=1S/C9H14N.Li/c1-3-4-5-6-7-8-9-10-2;/h2-5H,1,6-9H2;/q-1;+1/b5-4+;. The van der Waals surface area contributed by atoms with Gasteiger partial charge in [-0.1, -0.05) is 24.8 Å². The Hall–Kier alpha value is -0.253. The van der Waals surface area contributed by atoms with Crippen molar-refractivity contribution >= 4 is 6.72 Å². The minimum absolute atomic E-state index is 0. The van der Waals surface area contributed by atoms with E-state index in [-0.39, 0.29) is 18.9 Å². The van der Waals surface area contributed by atoms with Crippen molar-refractivity contribution in [2.75, 3.05) is 6.54 Å². The van der Waals surface area contributed by atoms with E-state index < -0.39 is 0 Å². The monoisotopic (exact) mass is 143 g/mol. The minimum Gasteiger partial charge on any atom is -0.506 e. The molecule has 0 amide bonds. The number of nitrogens with zero attached hydrogens (tertiary/aromatic N) is 1. The minimum atomic E-state index is 0. The van der Waals surface area contributed by atoms with Crippen molar-refractivity contribution in [3.63, 3.8) is 0 Å². The van der Waals surface area contributed by atoms with Gasteiger partial charge in [0.25, 0.3) is 0 Å². The number of hydrogen-bond acceptors (Lipinski definition) is 1. The van der Waals surface area contributed by atoms with Crippen LogP contribution in [0.1, 0.15) is 19.3 Å². The van der Waals surface area contributed by atoms with Gasteiger partial charge in [-0.15, -0.1) is 0 Å². The summed E-state index contributed by atoms with van der Waals surface area (Å²) in [5, 5.41) is 0. The van der Waals surface area contributed by atoms with Gasteiger partial charge in [0, 0.05) is 0 Å². The molecule has 0 heterocycles. The average Bonchev–Trinajstić information content (AvgIpc) is 1.97. The van der Waals surface area contributed by atoms with Crippen molar-refractivity contribution in [2.45, 2.75) is 19.3 Å². The Morgan fingerprint density at radius 1 is 1.36 bits per heavy atom. The Balaban J connectivity index is 0. The molecule has 0 N–H and O–H groups in total. The maximum absolute atomic E-state index is 4.96. The second kappa shape index (κ2) is 12.4. The molecule has 1 nitrogen and oxygen atoms in total. The summed E-state index contributed by atoms with van der Waals surface area (Å²) in [4.78, 5) is 3.51. The van der Waals surface area contributed by atoms with Crippen molar-refractivity contribution in [1.82, 2.24) is 0 Å². The van der Waals surface area contributed by atoms with Crippen molar-refractivity contribution in [3.05, 3.63) is 24.8 Å². The molecule has 0 aromatic rings. The third-order valence-corrected chi connectivity index (χ3v) is 1.18. The van der Waals surface area contributed by atoms with Crippen LogP contribution in [0.3, 0.4) is 0 Å². The number of unbranched alkanes of at least 4 members (excludes halogenated alkanes) is 2. The molecular weight excluding hydrogens is 129 g/mol. The van der Waals surface area contributed by atoms with Crippen LogP contribution in [0.5, 0.6) is 0 Å². The van der Waals surface area contributed by atoms with Crippen molar-refractivity contribution < 1.29 is 18.9 Å². The fourth-order valence-corrected chi connectivity index (χ4v) is 0.658. The first-order valence-corrected chi connectivity index (χ1v) is 3.56. The van der Waals surface area contributed by atoms with Crippen molar-refractivity contribution in [2.24, 2.45) is 4.99 Å². The van der Waals surface area contributed by atoms with Gasteiger partial charge in [0.05, 0.1) is 0 Å². The van der Waals surface area contributed by atoms with Gasteiger partial charge in [0.2, 0.25) is 0 Å². The molecule has 0 unspecified atom stereocenters. The van der Waals surface area contributed by atoms with E-state index in [0.717, 1.165) is 25.8 Å². The van der Waals surface area contributed by atoms with E-state index in [4.69, 9.17) is 6.72 Å². The van der Waals surface area contributed by atoms with Gasteiger partial charge in [-0.25, -0.2) is 0 Å². The molecule has 0 aliphatic rings. The van der Waals surface area contributed by atoms with Gasteiger partial charge < -0.3 is 11.7 Å². The molecule has 0 saturated carbocycles. The van der Waals surface area contributed by atoms with E-state index in [2.05, 4.69) is 17.6 Å². The summed E-state index contributed by atoms with van der Waals surface area (Å²) < 4.78 is 0. The van der Waals surface area contributed by atoms with Crippen LogP contribution in [0.15, 0.2) is 29.8 Å². The van der Waals surface area contributed by atoms with Gasteiger partial charge in [0.15, 0.2) is 0 Å². The molecule has 2 heteroatoms. The first-order chi connectivity index (χ1) is 4.91. The predicted molar refractivity (Wildman–Crippen MR) is 46.5 cm³/mol. The maximum atomic E-state index is 4.96. The summed E-state index contributed by atoms with van der Waals surface area (Å²) in [6.07, 6.45) is 9.18. The molecule has 0 bridgehead atoms. The van der Waals surface area contributed by atoms with Crippen LogP contribution in [0, 0.1) is 0 Å². The molecule has 11 heavy (non-hydrogen) atoms. The molecule has 0 radical (unpaired) electrons. The largest absolute Gasteiger partial charge is 1.00 e. The Labute approximate surface area is 81.5 Å². The molecule has 0 spiro atoms. The van der Waals surface area contributed by atoms with Gasteiger partial charge in [-0.05, 0) is 25.8 Å². The smallest absolute Gasteiger partial charge is 0.506 e. The van der Waals surface area contributed by atoms with Gasteiger partial charge >= 0.3 is 18.9 Å². The van der Waals surface area contributed by atoms with Crippen LogP contribution < -0.4 is 18.9 Å². The van der Waals surface area contributed by atoms with Crippen LogP contribution in [0.2, 0.25) is 0 Å². The van der Waals surface area contributed by atoms with Crippen molar-refractivity contribution in [1.29, 1.82) is 0 Å². The fraction of sp³-hybridized carbons (Fsp3) is 0.444. The van der Waals surface area contributed by atoms with Crippen LogP contribution in [-0.4, -0.2) is 13.3 Å². The molecule has 0 aromatic carbocycles. The third-order valence-electron chi connectivity index (χ3n) is 1.18. The van der Waals surface area contributed by atoms with Gasteiger partial charge in [-0.2, -0.15) is 0 Å². The number of hydrogen-bond donors (Lipinski definition) is 0. The second-order valence-corrected chi connectivity index (χ2v) is 2.07. The summed E-state index contributed by atoms with van der Waals surface area (Å²) in [7, 11) is 0. The van der Waals surface area contributed by atoms with E-state index in [1.165, 1.54) is 0 Å². The van der Waals surface area contributed by atoms with E-state index in [9.17, 15) is 0 Å². The Bertz CT molecular complexity index is 119. The average molecular weight is 143 g/mol. The summed E-state index contributed by atoms with van der Waals surface area (Å²) >= 11 is 0. The Morgan fingerprint density at radius 3 is 2.64 bits per heavy atom. The quantitative estimate of drug-likeness (QED) is 0.156. The van der Waals surface area contributed by atoms with Crippen molar-refractivity contribution in [3.8, 4) is 0 Å². The summed E-state index contributed by atoms with van der Waals surface area (Å²) in [6, 6.07) is 0. The van der Waals surface area contributed by atoms with E-state index in [0.29, 0.717) is 0 Å². The van der Waals surface area contributed by atoms with Crippen LogP contribution in [-0.2, 0) is 0 Å². The van der Waals surface area contributed by atoms with Crippen LogP contribution in [0.25, 0.3) is 0 Å². The zero-order chi connectivity index (χ0) is 7.66. The molecule has 56 valence electrons. The predicted octanol–water partition coefficient (Wildman–Crippen LogP) is -0.520. The SMILES string of the molecule is [CH-]=NCCCC/C=C/C=C.[Li+]. The Morgan fingerprint density at radius 2 is 2.09 bits per heavy atom. The third kappa shape index (κ3) is 12.9. The number of rotatable bonds is 6. The van der Waals surface area contributed by atoms with Crippen LogP contribution >= 0.6 is 0 Å². The van der Waals surface area contributed by atoms with E-state index in [1.54, 1.807) is 6.08 Å². The zero-order valence-electron chi connectivity index (χ0n) is 7.29. The normalized spacial score (nSPS) is 9.09. The summed E-state index contributed by atoms with van der Waals surface area (Å²) in [5.41, 5.74) is 0. The molecule has 0 fully saturated rings. The van der Waals surface area contributed by atoms with E-state index in [1.807, 2.05) is 6.08 Å². The molecular formula is C9H14LiN. The number of aliphatic imine (C=N–C) groups is 1. The maximum Gasteiger partial charge on any atom is 1.00 e.